The van der Waals surface area contributed by atoms with Crippen LogP contribution in [0.2, 0.25) is 5.02 Å². The Balaban J connectivity index is 2.42. The Bertz CT molecular complexity index is 521. The predicted octanol–water partition coefficient (Wildman–Crippen LogP) is 2.54. The van der Waals surface area contributed by atoms with Gasteiger partial charge in [-0.2, -0.15) is 5.10 Å². The lowest BCUT2D eigenvalue weighted by molar-refractivity contribution is 0.270. The number of aliphatic hydroxyl groups excluding tert-OH is 1. The molecular formula is C11H11BrClN3O. The van der Waals surface area contributed by atoms with Crippen molar-refractivity contribution in [3.05, 3.63) is 33.8 Å². The van der Waals surface area contributed by atoms with Gasteiger partial charge in [-0.3, -0.25) is 0 Å². The second kappa shape index (κ2) is 5.08. The SMILES string of the molecule is Nc1cc(-c2cc(Cl)cc(Br)c2)nn1CCO. The molecule has 0 unspecified atom stereocenters. The molecule has 0 bridgehead atoms. The van der Waals surface area contributed by atoms with Gasteiger partial charge in [0.1, 0.15) is 5.82 Å². The van der Waals surface area contributed by atoms with Crippen LogP contribution in [0.25, 0.3) is 11.3 Å². The van der Waals surface area contributed by atoms with Crippen LogP contribution in [0.4, 0.5) is 5.82 Å². The van der Waals surface area contributed by atoms with Crippen LogP contribution in [0, 0.1) is 0 Å². The number of benzene rings is 1. The van der Waals surface area contributed by atoms with E-state index in [2.05, 4.69) is 21.0 Å². The zero-order chi connectivity index (χ0) is 12.4. The van der Waals surface area contributed by atoms with Crippen molar-refractivity contribution >= 4 is 33.3 Å². The van der Waals surface area contributed by atoms with E-state index in [4.69, 9.17) is 22.4 Å². The summed E-state index contributed by atoms with van der Waals surface area (Å²) in [7, 11) is 0. The van der Waals surface area contributed by atoms with E-state index in [1.807, 2.05) is 12.1 Å². The number of nitrogens with zero attached hydrogens (tertiary/aromatic N) is 2. The summed E-state index contributed by atoms with van der Waals surface area (Å²) in [6.07, 6.45) is 0. The maximum atomic E-state index is 8.87. The van der Waals surface area contributed by atoms with Gasteiger partial charge in [-0.1, -0.05) is 27.5 Å². The van der Waals surface area contributed by atoms with Crippen molar-refractivity contribution in [1.29, 1.82) is 0 Å². The van der Waals surface area contributed by atoms with Crippen molar-refractivity contribution in [2.45, 2.75) is 6.54 Å². The largest absolute Gasteiger partial charge is 0.394 e. The van der Waals surface area contributed by atoms with Crippen LogP contribution in [0.15, 0.2) is 28.7 Å². The smallest absolute Gasteiger partial charge is 0.122 e. The number of hydrogen-bond donors (Lipinski definition) is 2. The fourth-order valence-electron chi connectivity index (χ4n) is 1.55. The predicted molar refractivity (Wildman–Crippen MR) is 71.9 cm³/mol. The number of rotatable bonds is 3. The molecule has 2 aromatic rings. The zero-order valence-corrected chi connectivity index (χ0v) is 11.2. The lowest BCUT2D eigenvalue weighted by atomic mass is 10.1. The molecule has 1 aromatic heterocycles. The molecule has 0 aliphatic heterocycles. The van der Waals surface area contributed by atoms with Crippen LogP contribution in [-0.4, -0.2) is 21.5 Å². The topological polar surface area (TPSA) is 64.1 Å². The third kappa shape index (κ3) is 2.80. The minimum atomic E-state index is 0.00452. The van der Waals surface area contributed by atoms with E-state index in [0.29, 0.717) is 17.4 Å². The second-order valence-electron chi connectivity index (χ2n) is 3.56. The van der Waals surface area contributed by atoms with E-state index < -0.39 is 0 Å². The average Bonchev–Trinajstić information content (AvgIpc) is 2.60. The summed E-state index contributed by atoms with van der Waals surface area (Å²) >= 11 is 9.35. The molecule has 0 saturated heterocycles. The van der Waals surface area contributed by atoms with E-state index in [0.717, 1.165) is 15.7 Å². The van der Waals surface area contributed by atoms with Gasteiger partial charge in [-0.25, -0.2) is 4.68 Å². The molecule has 90 valence electrons. The molecule has 17 heavy (non-hydrogen) atoms. The van der Waals surface area contributed by atoms with Gasteiger partial charge < -0.3 is 10.8 Å². The summed E-state index contributed by atoms with van der Waals surface area (Å²) in [6, 6.07) is 7.29. The number of nitrogen functional groups attached to an aromatic ring is 1. The Morgan fingerprint density at radius 3 is 2.76 bits per heavy atom. The van der Waals surface area contributed by atoms with Crippen molar-refractivity contribution in [2.24, 2.45) is 0 Å². The van der Waals surface area contributed by atoms with Gasteiger partial charge in [0.25, 0.3) is 0 Å². The molecule has 0 saturated carbocycles. The van der Waals surface area contributed by atoms with Crippen LogP contribution >= 0.6 is 27.5 Å². The molecule has 1 heterocycles. The number of aromatic nitrogens is 2. The van der Waals surface area contributed by atoms with Gasteiger partial charge in [-0.15, -0.1) is 0 Å². The lowest BCUT2D eigenvalue weighted by Gasteiger charge is -2.00. The molecule has 3 N–H and O–H groups in total. The lowest BCUT2D eigenvalue weighted by Crippen LogP contribution is -2.07. The summed E-state index contributed by atoms with van der Waals surface area (Å²) in [5.74, 6) is 0.519. The Morgan fingerprint density at radius 1 is 1.35 bits per heavy atom. The first kappa shape index (κ1) is 12.4. The molecule has 1 aromatic carbocycles. The highest BCUT2D eigenvalue weighted by molar-refractivity contribution is 9.10. The Labute approximate surface area is 112 Å². The highest BCUT2D eigenvalue weighted by Crippen LogP contribution is 2.27. The van der Waals surface area contributed by atoms with Gasteiger partial charge in [0.05, 0.1) is 18.8 Å². The van der Waals surface area contributed by atoms with Gasteiger partial charge in [0, 0.05) is 21.1 Å². The molecule has 0 atom stereocenters. The highest BCUT2D eigenvalue weighted by atomic mass is 79.9. The fourth-order valence-corrected chi connectivity index (χ4v) is 2.41. The summed E-state index contributed by atoms with van der Waals surface area (Å²) < 4.78 is 2.44. The van der Waals surface area contributed by atoms with E-state index in [-0.39, 0.29) is 6.61 Å². The van der Waals surface area contributed by atoms with Crippen molar-refractivity contribution in [3.63, 3.8) is 0 Å². The van der Waals surface area contributed by atoms with Crippen LogP contribution in [0.5, 0.6) is 0 Å². The number of hydrogen-bond acceptors (Lipinski definition) is 3. The van der Waals surface area contributed by atoms with E-state index in [9.17, 15) is 0 Å². The fraction of sp³-hybridized carbons (Fsp3) is 0.182. The molecule has 0 aliphatic rings. The first-order valence-corrected chi connectivity index (χ1v) is 6.18. The summed E-state index contributed by atoms with van der Waals surface area (Å²) in [4.78, 5) is 0. The molecule has 2 rings (SSSR count). The maximum absolute atomic E-state index is 8.87. The van der Waals surface area contributed by atoms with E-state index >= 15 is 0 Å². The van der Waals surface area contributed by atoms with Crippen LogP contribution < -0.4 is 5.73 Å². The van der Waals surface area contributed by atoms with Gasteiger partial charge in [0.2, 0.25) is 0 Å². The van der Waals surface area contributed by atoms with Crippen LogP contribution in [0.3, 0.4) is 0 Å². The Kier molecular flexibility index (Phi) is 3.71. The van der Waals surface area contributed by atoms with Gasteiger partial charge in [0.15, 0.2) is 0 Å². The monoisotopic (exact) mass is 315 g/mol. The van der Waals surface area contributed by atoms with Gasteiger partial charge in [-0.05, 0) is 18.2 Å². The molecule has 0 fully saturated rings. The number of halogens is 2. The third-order valence-corrected chi connectivity index (χ3v) is 2.96. The third-order valence-electron chi connectivity index (χ3n) is 2.28. The van der Waals surface area contributed by atoms with Crippen molar-refractivity contribution < 1.29 is 5.11 Å². The number of nitrogens with two attached hydrogens (primary N) is 1. The molecule has 6 heteroatoms. The highest BCUT2D eigenvalue weighted by Gasteiger charge is 2.08. The molecule has 0 radical (unpaired) electrons. The minimum absolute atomic E-state index is 0.00452. The first-order chi connectivity index (χ1) is 8.10. The van der Waals surface area contributed by atoms with Crippen molar-refractivity contribution in [2.75, 3.05) is 12.3 Å². The molecule has 0 spiro atoms. The summed E-state index contributed by atoms with van der Waals surface area (Å²) in [6.45, 7) is 0.387. The minimum Gasteiger partial charge on any atom is -0.394 e. The number of anilines is 1. The second-order valence-corrected chi connectivity index (χ2v) is 4.91. The standard InChI is InChI=1S/C11H11BrClN3O/c12-8-3-7(4-9(13)5-8)10-6-11(14)16(15-10)1-2-17/h3-6,17H,1-2,14H2. The summed E-state index contributed by atoms with van der Waals surface area (Å²) in [5, 5.41) is 13.8. The zero-order valence-electron chi connectivity index (χ0n) is 8.90. The Hall–Kier alpha value is -1.04. The summed E-state index contributed by atoms with van der Waals surface area (Å²) in [5.41, 5.74) is 7.40. The maximum Gasteiger partial charge on any atom is 0.122 e. The quantitative estimate of drug-likeness (QED) is 0.914. The Morgan fingerprint density at radius 2 is 2.12 bits per heavy atom. The van der Waals surface area contributed by atoms with Gasteiger partial charge >= 0.3 is 0 Å². The van der Waals surface area contributed by atoms with Crippen LogP contribution in [-0.2, 0) is 6.54 Å². The number of aliphatic hydroxyl groups is 1. The van der Waals surface area contributed by atoms with E-state index in [1.54, 1.807) is 16.8 Å². The normalized spacial score (nSPS) is 10.8. The van der Waals surface area contributed by atoms with E-state index in [1.165, 1.54) is 0 Å². The average molecular weight is 317 g/mol. The molecule has 0 aliphatic carbocycles. The molecule has 4 nitrogen and oxygen atoms in total. The first-order valence-electron chi connectivity index (χ1n) is 5.01. The molecular weight excluding hydrogens is 305 g/mol. The van der Waals surface area contributed by atoms with Crippen LogP contribution in [0.1, 0.15) is 0 Å². The van der Waals surface area contributed by atoms with Crippen molar-refractivity contribution in [3.8, 4) is 11.3 Å². The molecule has 0 amide bonds. The van der Waals surface area contributed by atoms with Crippen molar-refractivity contribution in [1.82, 2.24) is 9.78 Å².